The van der Waals surface area contributed by atoms with E-state index in [0.717, 1.165) is 5.56 Å². The van der Waals surface area contributed by atoms with Crippen LogP contribution >= 0.6 is 0 Å². The van der Waals surface area contributed by atoms with Crippen molar-refractivity contribution in [1.82, 2.24) is 5.32 Å². The second-order valence-corrected chi connectivity index (χ2v) is 7.52. The lowest BCUT2D eigenvalue weighted by molar-refractivity contribution is -0.158. The number of hydrogen-bond acceptors (Lipinski definition) is 4. The number of ether oxygens (including phenoxy) is 1. The first-order valence-corrected chi connectivity index (χ1v) is 8.41. The SMILES string of the molecule is CC(C)C[C@H](N)C(=O)N[C@@H](Cc1ccccc1)C(=O)OC(C)(C)C. The van der Waals surface area contributed by atoms with Gasteiger partial charge in [0.1, 0.15) is 11.6 Å². The molecule has 2 atom stereocenters. The topological polar surface area (TPSA) is 81.4 Å². The molecule has 3 N–H and O–H groups in total. The first kappa shape index (κ1) is 20.2. The van der Waals surface area contributed by atoms with Gasteiger partial charge >= 0.3 is 5.97 Å². The number of esters is 1. The van der Waals surface area contributed by atoms with Crippen molar-refractivity contribution < 1.29 is 14.3 Å². The molecule has 24 heavy (non-hydrogen) atoms. The van der Waals surface area contributed by atoms with Crippen LogP contribution < -0.4 is 11.1 Å². The maximum Gasteiger partial charge on any atom is 0.329 e. The molecule has 1 amide bonds. The fraction of sp³-hybridized carbons (Fsp3) is 0.579. The van der Waals surface area contributed by atoms with Crippen LogP contribution in [0.3, 0.4) is 0 Å². The molecule has 0 radical (unpaired) electrons. The predicted octanol–water partition coefficient (Wildman–Crippen LogP) is 2.43. The molecule has 0 saturated heterocycles. The summed E-state index contributed by atoms with van der Waals surface area (Å²) in [4.78, 5) is 24.8. The fourth-order valence-corrected chi connectivity index (χ4v) is 2.31. The molecule has 134 valence electrons. The van der Waals surface area contributed by atoms with Crippen LogP contribution in [0, 0.1) is 5.92 Å². The van der Waals surface area contributed by atoms with Crippen molar-refractivity contribution in [2.24, 2.45) is 11.7 Å². The molecule has 0 aliphatic carbocycles. The fourth-order valence-electron chi connectivity index (χ4n) is 2.31. The number of carbonyl (C=O) groups excluding carboxylic acids is 2. The Morgan fingerprint density at radius 1 is 1.17 bits per heavy atom. The number of nitrogens with one attached hydrogen (secondary N) is 1. The summed E-state index contributed by atoms with van der Waals surface area (Å²) in [6.07, 6.45) is 0.939. The van der Waals surface area contributed by atoms with Crippen molar-refractivity contribution in [1.29, 1.82) is 0 Å². The van der Waals surface area contributed by atoms with Gasteiger partial charge in [0.15, 0.2) is 0 Å². The summed E-state index contributed by atoms with van der Waals surface area (Å²) in [6, 6.07) is 8.14. The van der Waals surface area contributed by atoms with Gasteiger partial charge in [0.05, 0.1) is 6.04 Å². The summed E-state index contributed by atoms with van der Waals surface area (Å²) >= 11 is 0. The lowest BCUT2D eigenvalue weighted by atomic mass is 10.0. The monoisotopic (exact) mass is 334 g/mol. The minimum absolute atomic E-state index is 0.305. The largest absolute Gasteiger partial charge is 0.458 e. The third kappa shape index (κ3) is 7.59. The van der Waals surface area contributed by atoms with E-state index in [2.05, 4.69) is 5.32 Å². The highest BCUT2D eigenvalue weighted by Gasteiger charge is 2.28. The number of amides is 1. The van der Waals surface area contributed by atoms with Crippen molar-refractivity contribution in [2.45, 2.75) is 65.1 Å². The normalized spacial score (nSPS) is 14.1. The Morgan fingerprint density at radius 3 is 2.25 bits per heavy atom. The van der Waals surface area contributed by atoms with Crippen LogP contribution in [0.5, 0.6) is 0 Å². The van der Waals surface area contributed by atoms with Gasteiger partial charge in [-0.05, 0) is 38.7 Å². The standard InChI is InChI=1S/C19H30N2O3/c1-13(2)11-15(20)17(22)21-16(18(23)24-19(3,4)5)12-14-9-7-6-8-10-14/h6-10,13,15-16H,11-12,20H2,1-5H3,(H,21,22)/t15-,16-/m0/s1. The highest BCUT2D eigenvalue weighted by atomic mass is 16.6. The van der Waals surface area contributed by atoms with E-state index in [1.807, 2.05) is 44.2 Å². The van der Waals surface area contributed by atoms with E-state index >= 15 is 0 Å². The van der Waals surface area contributed by atoms with Crippen molar-refractivity contribution in [3.8, 4) is 0 Å². The van der Waals surface area contributed by atoms with Gasteiger partial charge < -0.3 is 15.8 Å². The zero-order valence-electron chi connectivity index (χ0n) is 15.3. The van der Waals surface area contributed by atoms with Crippen LogP contribution in [-0.4, -0.2) is 29.6 Å². The maximum atomic E-state index is 12.5. The smallest absolute Gasteiger partial charge is 0.329 e. The molecule has 0 aliphatic rings. The van der Waals surface area contributed by atoms with Crippen molar-refractivity contribution in [3.63, 3.8) is 0 Å². The van der Waals surface area contributed by atoms with Gasteiger partial charge in [0.2, 0.25) is 5.91 Å². The van der Waals surface area contributed by atoms with Crippen LogP contribution in [0.15, 0.2) is 30.3 Å². The minimum Gasteiger partial charge on any atom is -0.458 e. The van der Waals surface area contributed by atoms with E-state index in [4.69, 9.17) is 10.5 Å². The second kappa shape index (κ2) is 8.83. The first-order chi connectivity index (χ1) is 11.1. The Hall–Kier alpha value is -1.88. The summed E-state index contributed by atoms with van der Waals surface area (Å²) in [7, 11) is 0. The summed E-state index contributed by atoms with van der Waals surface area (Å²) < 4.78 is 5.44. The van der Waals surface area contributed by atoms with E-state index in [0.29, 0.717) is 18.8 Å². The molecule has 0 fully saturated rings. The third-order valence-electron chi connectivity index (χ3n) is 3.35. The molecule has 0 spiro atoms. The number of carbonyl (C=O) groups is 2. The highest BCUT2D eigenvalue weighted by molar-refractivity contribution is 5.87. The Morgan fingerprint density at radius 2 is 1.75 bits per heavy atom. The average Bonchev–Trinajstić information content (AvgIpc) is 2.45. The second-order valence-electron chi connectivity index (χ2n) is 7.52. The first-order valence-electron chi connectivity index (χ1n) is 8.41. The van der Waals surface area contributed by atoms with Gasteiger partial charge in [-0.25, -0.2) is 4.79 Å². The quantitative estimate of drug-likeness (QED) is 0.750. The lowest BCUT2D eigenvalue weighted by Gasteiger charge is -2.25. The zero-order chi connectivity index (χ0) is 18.3. The molecule has 0 unspecified atom stereocenters. The summed E-state index contributed by atoms with van der Waals surface area (Å²) in [6.45, 7) is 9.41. The molecule has 0 aromatic heterocycles. The number of benzene rings is 1. The van der Waals surface area contributed by atoms with Crippen LogP contribution in [0.4, 0.5) is 0 Å². The molecule has 0 heterocycles. The maximum absolute atomic E-state index is 12.5. The number of nitrogens with two attached hydrogens (primary N) is 1. The molecule has 0 bridgehead atoms. The molecule has 0 saturated carbocycles. The van der Waals surface area contributed by atoms with Crippen molar-refractivity contribution >= 4 is 11.9 Å². The van der Waals surface area contributed by atoms with E-state index in [1.54, 1.807) is 20.8 Å². The lowest BCUT2D eigenvalue weighted by Crippen LogP contribution is -2.51. The van der Waals surface area contributed by atoms with Gasteiger partial charge in [-0.3, -0.25) is 4.79 Å². The van der Waals surface area contributed by atoms with Crippen LogP contribution in [0.25, 0.3) is 0 Å². The molecule has 1 rings (SSSR count). The van der Waals surface area contributed by atoms with E-state index < -0.39 is 23.7 Å². The molecular weight excluding hydrogens is 304 g/mol. The highest BCUT2D eigenvalue weighted by Crippen LogP contribution is 2.12. The zero-order valence-corrected chi connectivity index (χ0v) is 15.3. The van der Waals surface area contributed by atoms with Gasteiger partial charge in [0, 0.05) is 6.42 Å². The van der Waals surface area contributed by atoms with Gasteiger partial charge in [-0.1, -0.05) is 44.2 Å². The van der Waals surface area contributed by atoms with E-state index in [-0.39, 0.29) is 5.91 Å². The van der Waals surface area contributed by atoms with Gasteiger partial charge in [-0.15, -0.1) is 0 Å². The van der Waals surface area contributed by atoms with Gasteiger partial charge in [-0.2, -0.15) is 0 Å². The predicted molar refractivity (Wildman–Crippen MR) is 95.4 cm³/mol. The Bertz CT molecular complexity index is 535. The van der Waals surface area contributed by atoms with Crippen molar-refractivity contribution in [3.05, 3.63) is 35.9 Å². The van der Waals surface area contributed by atoms with Crippen LogP contribution in [0.1, 0.15) is 46.6 Å². The Balaban J connectivity index is 2.84. The molecule has 1 aromatic carbocycles. The Labute approximate surface area is 145 Å². The molecule has 5 heteroatoms. The van der Waals surface area contributed by atoms with Crippen LogP contribution in [-0.2, 0) is 20.7 Å². The summed E-state index contributed by atoms with van der Waals surface area (Å²) in [5, 5.41) is 2.75. The van der Waals surface area contributed by atoms with Crippen molar-refractivity contribution in [2.75, 3.05) is 0 Å². The molecule has 0 aliphatic heterocycles. The van der Waals surface area contributed by atoms with E-state index in [1.165, 1.54) is 0 Å². The summed E-state index contributed by atoms with van der Waals surface area (Å²) in [5.74, 6) is -0.466. The van der Waals surface area contributed by atoms with E-state index in [9.17, 15) is 9.59 Å². The average molecular weight is 334 g/mol. The number of hydrogen-bond donors (Lipinski definition) is 2. The summed E-state index contributed by atoms with van der Waals surface area (Å²) in [5.41, 5.74) is 6.26. The number of rotatable bonds is 7. The molecule has 5 nitrogen and oxygen atoms in total. The minimum atomic E-state index is -0.752. The van der Waals surface area contributed by atoms with Crippen LogP contribution in [0.2, 0.25) is 0 Å². The molecule has 1 aromatic rings. The molecular formula is C19H30N2O3. The van der Waals surface area contributed by atoms with Gasteiger partial charge in [0.25, 0.3) is 0 Å². The third-order valence-corrected chi connectivity index (χ3v) is 3.35. The Kier molecular flexibility index (Phi) is 7.42.